The summed E-state index contributed by atoms with van der Waals surface area (Å²) in [5.41, 5.74) is 1.72. The van der Waals surface area contributed by atoms with Crippen LogP contribution in [0.1, 0.15) is 74.9 Å². The molecule has 36 heavy (non-hydrogen) atoms. The first-order valence-electron chi connectivity index (χ1n) is 12.8. The molecule has 2 amide bonds. The molecule has 0 bridgehead atoms. The van der Waals surface area contributed by atoms with E-state index in [-0.39, 0.29) is 23.9 Å². The number of nitriles is 1. The maximum absolute atomic E-state index is 13.5. The molecule has 2 aliphatic carbocycles. The quantitative estimate of drug-likeness (QED) is 0.369. The van der Waals surface area contributed by atoms with Crippen molar-refractivity contribution in [2.75, 3.05) is 10.2 Å². The van der Waals surface area contributed by atoms with E-state index in [2.05, 4.69) is 28.6 Å². The Balaban J connectivity index is 1.50. The zero-order valence-corrected chi connectivity index (χ0v) is 22.4. The van der Waals surface area contributed by atoms with Crippen molar-refractivity contribution in [1.82, 2.24) is 10.3 Å². The van der Waals surface area contributed by atoms with Gasteiger partial charge in [-0.2, -0.15) is 5.26 Å². The van der Waals surface area contributed by atoms with Crippen molar-refractivity contribution in [2.45, 2.75) is 83.3 Å². The highest BCUT2D eigenvalue weighted by molar-refractivity contribution is 7.16. The third-order valence-corrected chi connectivity index (χ3v) is 8.95. The molecule has 0 aliphatic heterocycles. The van der Waals surface area contributed by atoms with Crippen LogP contribution in [0.2, 0.25) is 5.02 Å². The van der Waals surface area contributed by atoms with Gasteiger partial charge in [-0.05, 0) is 63.6 Å². The van der Waals surface area contributed by atoms with E-state index in [1.807, 2.05) is 25.1 Å². The van der Waals surface area contributed by atoms with Gasteiger partial charge in [0.1, 0.15) is 6.04 Å². The Morgan fingerprint density at radius 1 is 1.33 bits per heavy atom. The van der Waals surface area contributed by atoms with Crippen LogP contribution in [0.4, 0.5) is 10.7 Å². The summed E-state index contributed by atoms with van der Waals surface area (Å²) in [5, 5.41) is 17.2. The lowest BCUT2D eigenvalue weighted by Crippen LogP contribution is -2.49. The van der Waals surface area contributed by atoms with E-state index in [1.165, 1.54) is 24.2 Å². The molecule has 2 heterocycles. The lowest BCUT2D eigenvalue weighted by Gasteiger charge is -2.29. The molecule has 4 rings (SSSR count). The first-order valence-corrected chi connectivity index (χ1v) is 14.0. The van der Waals surface area contributed by atoms with Crippen LogP contribution < -0.4 is 15.5 Å². The predicted octanol–water partition coefficient (Wildman–Crippen LogP) is 6.00. The second-order valence-corrected chi connectivity index (χ2v) is 11.6. The van der Waals surface area contributed by atoms with E-state index in [0.29, 0.717) is 23.8 Å². The van der Waals surface area contributed by atoms with Crippen LogP contribution in [0, 0.1) is 30.1 Å². The Hall–Kier alpha value is -2.63. The number of halogens is 1. The molecule has 4 atom stereocenters. The van der Waals surface area contributed by atoms with Gasteiger partial charge in [-0.1, -0.05) is 37.3 Å². The van der Waals surface area contributed by atoms with Crippen LogP contribution in [0.15, 0.2) is 24.4 Å². The van der Waals surface area contributed by atoms with Gasteiger partial charge in [0.2, 0.25) is 12.3 Å². The van der Waals surface area contributed by atoms with E-state index < -0.39 is 6.04 Å². The SMILES string of the molecule is Cc1ncc(Cl)cc1N[C@@H](C)c1ccc(N(C=O)[C@@H](CC2CCCC2)C(=O)NC2CCC(C#N)C2)s1. The lowest BCUT2D eigenvalue weighted by atomic mass is 9.96. The van der Waals surface area contributed by atoms with Gasteiger partial charge in [0.25, 0.3) is 0 Å². The number of carbonyl (C=O) groups is 2. The molecule has 2 aromatic heterocycles. The highest BCUT2D eigenvalue weighted by Gasteiger charge is 2.34. The van der Waals surface area contributed by atoms with Gasteiger partial charge in [0, 0.05) is 23.0 Å². The molecule has 0 aromatic carbocycles. The third kappa shape index (κ3) is 6.37. The summed E-state index contributed by atoms with van der Waals surface area (Å²) in [4.78, 5) is 32.8. The molecule has 2 fully saturated rings. The van der Waals surface area contributed by atoms with Crippen LogP contribution in [0.3, 0.4) is 0 Å². The lowest BCUT2D eigenvalue weighted by molar-refractivity contribution is -0.125. The second kappa shape index (κ2) is 12.1. The number of amides is 2. The van der Waals surface area contributed by atoms with E-state index in [0.717, 1.165) is 53.4 Å². The minimum absolute atomic E-state index is 0.000561. The summed E-state index contributed by atoms with van der Waals surface area (Å²) in [6, 6.07) is 7.51. The van der Waals surface area contributed by atoms with Crippen LogP contribution in [0.25, 0.3) is 0 Å². The van der Waals surface area contributed by atoms with Crippen LogP contribution in [0.5, 0.6) is 0 Å². The number of anilines is 2. The average molecular weight is 528 g/mol. The van der Waals surface area contributed by atoms with Gasteiger partial charge in [-0.15, -0.1) is 11.3 Å². The van der Waals surface area contributed by atoms with Crippen molar-refractivity contribution in [3.63, 3.8) is 0 Å². The number of aromatic nitrogens is 1. The number of carbonyl (C=O) groups excluding carboxylic acids is 2. The fourth-order valence-electron chi connectivity index (χ4n) is 5.39. The van der Waals surface area contributed by atoms with Gasteiger partial charge in [0.15, 0.2) is 0 Å². The van der Waals surface area contributed by atoms with Crippen LogP contribution in [-0.4, -0.2) is 29.4 Å². The van der Waals surface area contributed by atoms with Crippen molar-refractivity contribution in [3.05, 3.63) is 40.0 Å². The van der Waals surface area contributed by atoms with Gasteiger partial charge >= 0.3 is 0 Å². The molecule has 2 aromatic rings. The topological polar surface area (TPSA) is 98.1 Å². The van der Waals surface area contributed by atoms with Gasteiger partial charge in [-0.3, -0.25) is 19.5 Å². The molecule has 2 saturated carbocycles. The van der Waals surface area contributed by atoms with E-state index in [9.17, 15) is 14.9 Å². The number of thiophene rings is 1. The average Bonchev–Trinajstić information content (AvgIpc) is 3.63. The molecule has 0 spiro atoms. The zero-order chi connectivity index (χ0) is 25.7. The molecular formula is C27H34ClN5O2S. The first kappa shape index (κ1) is 26.4. The smallest absolute Gasteiger partial charge is 0.243 e. The van der Waals surface area contributed by atoms with Gasteiger partial charge in [-0.25, -0.2) is 0 Å². The second-order valence-electron chi connectivity index (χ2n) is 10.1. The Labute approximate surface area is 222 Å². The zero-order valence-electron chi connectivity index (χ0n) is 20.9. The highest BCUT2D eigenvalue weighted by atomic mass is 35.5. The fraction of sp³-hybridized carbons (Fsp3) is 0.556. The Morgan fingerprint density at radius 2 is 2.11 bits per heavy atom. The minimum atomic E-state index is -0.555. The summed E-state index contributed by atoms with van der Waals surface area (Å²) in [6.45, 7) is 3.98. The van der Waals surface area contributed by atoms with Crippen molar-refractivity contribution >= 4 is 45.9 Å². The Morgan fingerprint density at radius 3 is 2.81 bits per heavy atom. The molecule has 192 valence electrons. The van der Waals surface area contributed by atoms with E-state index in [1.54, 1.807) is 11.1 Å². The van der Waals surface area contributed by atoms with Crippen LogP contribution >= 0.6 is 22.9 Å². The summed E-state index contributed by atoms with van der Waals surface area (Å²) in [5.74, 6) is 0.328. The van der Waals surface area contributed by atoms with Crippen molar-refractivity contribution < 1.29 is 9.59 Å². The monoisotopic (exact) mass is 527 g/mol. The largest absolute Gasteiger partial charge is 0.376 e. The third-order valence-electron chi connectivity index (χ3n) is 7.46. The molecule has 9 heteroatoms. The van der Waals surface area contributed by atoms with E-state index >= 15 is 0 Å². The number of aryl methyl sites for hydroxylation is 1. The summed E-state index contributed by atoms with van der Waals surface area (Å²) in [7, 11) is 0. The molecule has 2 aliphatic rings. The number of rotatable bonds is 10. The summed E-state index contributed by atoms with van der Waals surface area (Å²) >= 11 is 7.63. The number of nitrogens with zero attached hydrogens (tertiary/aromatic N) is 3. The van der Waals surface area contributed by atoms with Gasteiger partial charge < -0.3 is 10.6 Å². The molecule has 0 radical (unpaired) electrons. The molecule has 2 unspecified atom stereocenters. The molecule has 2 N–H and O–H groups in total. The van der Waals surface area contributed by atoms with E-state index in [4.69, 9.17) is 11.6 Å². The van der Waals surface area contributed by atoms with Crippen LogP contribution in [-0.2, 0) is 9.59 Å². The predicted molar refractivity (Wildman–Crippen MR) is 144 cm³/mol. The number of hydrogen-bond donors (Lipinski definition) is 2. The summed E-state index contributed by atoms with van der Waals surface area (Å²) in [6.07, 6.45) is 9.94. The normalized spacial score (nSPS) is 21.5. The fourth-order valence-corrected chi connectivity index (χ4v) is 6.57. The van der Waals surface area contributed by atoms with Crippen molar-refractivity contribution in [2.24, 2.45) is 11.8 Å². The molecule has 7 nitrogen and oxygen atoms in total. The number of nitrogens with one attached hydrogen (secondary N) is 2. The Bertz CT molecular complexity index is 1110. The standard InChI is InChI=1S/C27H34ClN5O2S/c1-17-23(13-21(28)15-30-17)31-18(2)25-9-10-26(36-25)33(16-34)24(12-19-5-3-4-6-19)27(35)32-22-8-7-20(11-22)14-29/h9-10,13,15-16,18-20,22,24,31H,3-8,11-12H2,1-2H3,(H,32,35)/t18-,20?,22?,24-/m0/s1. The molecular weight excluding hydrogens is 494 g/mol. The van der Waals surface area contributed by atoms with Gasteiger partial charge in [0.05, 0.1) is 33.5 Å². The van der Waals surface area contributed by atoms with Crippen molar-refractivity contribution in [1.29, 1.82) is 5.26 Å². The van der Waals surface area contributed by atoms with Crippen molar-refractivity contribution in [3.8, 4) is 6.07 Å². The minimum Gasteiger partial charge on any atom is -0.376 e. The molecule has 0 saturated heterocycles. The maximum atomic E-state index is 13.5. The summed E-state index contributed by atoms with van der Waals surface area (Å²) < 4.78 is 0. The highest BCUT2D eigenvalue weighted by Crippen LogP contribution is 2.36. The maximum Gasteiger partial charge on any atom is 0.243 e. The number of hydrogen-bond acceptors (Lipinski definition) is 6. The number of pyridine rings is 1. The first-order chi connectivity index (χ1) is 17.4. The Kier molecular flexibility index (Phi) is 8.86.